The molecule has 0 bridgehead atoms. The van der Waals surface area contributed by atoms with E-state index in [1.54, 1.807) is 0 Å². The van der Waals surface area contributed by atoms with Crippen LogP contribution in [0.3, 0.4) is 0 Å². The Kier molecular flexibility index (Phi) is 16.8. The van der Waals surface area contributed by atoms with Crippen LogP contribution >= 0.6 is 0 Å². The summed E-state index contributed by atoms with van der Waals surface area (Å²) >= 11 is 0. The summed E-state index contributed by atoms with van der Waals surface area (Å²) in [5.41, 5.74) is 6.18. The Bertz CT molecular complexity index is 146. The number of nitrogens with two attached hydrogens (primary N) is 1. The summed E-state index contributed by atoms with van der Waals surface area (Å²) in [6.45, 7) is 0. The zero-order valence-electron chi connectivity index (χ0n) is 5.43. The number of benzene rings is 1. The smallest absolute Gasteiger partial charge is 1.00 e. The van der Waals surface area contributed by atoms with Gasteiger partial charge in [0.05, 0.1) is 0 Å². The molecule has 0 unspecified atom stereocenters. The molecule has 52 valence electrons. The average Bonchev–Trinajstić information content (AvgIpc) is 1.69. The van der Waals surface area contributed by atoms with E-state index in [4.69, 9.17) is 5.73 Å². The zero-order valence-corrected chi connectivity index (χ0v) is 9.15. The Hall–Kier alpha value is 0.860. The molecule has 0 aromatic heterocycles. The van der Waals surface area contributed by atoms with Gasteiger partial charge in [-0.15, -0.1) is 0 Å². The number of hydrogen-bond acceptors (Lipinski definition) is 1. The predicted molar refractivity (Wildman–Crippen MR) is 36.6 cm³/mol. The molecule has 0 spiro atoms. The Labute approximate surface area is 103 Å². The largest absolute Gasteiger partial charge is 2.00 e. The minimum atomic E-state index is 0. The van der Waals surface area contributed by atoms with Crippen molar-refractivity contribution in [1.82, 2.24) is 0 Å². The van der Waals surface area contributed by atoms with E-state index in [1.165, 1.54) is 0 Å². The van der Waals surface area contributed by atoms with Crippen molar-refractivity contribution in [3.63, 3.8) is 0 Å². The van der Waals surface area contributed by atoms with Gasteiger partial charge >= 0.3 is 37.7 Å². The summed E-state index contributed by atoms with van der Waals surface area (Å²) in [5.74, 6) is 0. The van der Waals surface area contributed by atoms with Gasteiger partial charge in [0, 0.05) is 5.69 Å². The zero-order chi connectivity index (χ0) is 5.11. The fourth-order valence-corrected chi connectivity index (χ4v) is 0.453. The van der Waals surface area contributed by atoms with Crippen molar-refractivity contribution >= 4 is 43.4 Å². The summed E-state index contributed by atoms with van der Waals surface area (Å²) in [7, 11) is 0. The standard InChI is InChI=1S/C6H7N.Ca.2ClH/c7-6-4-2-1-3-5-6;;;/h1-5H,7H2;;2*1H/q;+2;;/p-2. The normalized spacial score (nSPS) is 6.00. The SMILES string of the molecule is Nc1ccccc1.[Ca+2].[Cl-].[Cl-]. The molecule has 0 saturated heterocycles. The molecule has 1 aromatic rings. The molecule has 2 N–H and O–H groups in total. The molecule has 0 fully saturated rings. The van der Waals surface area contributed by atoms with Crippen LogP contribution in [-0.2, 0) is 0 Å². The first-order chi connectivity index (χ1) is 3.39. The van der Waals surface area contributed by atoms with E-state index in [0.29, 0.717) is 0 Å². The Morgan fingerprint density at radius 3 is 1.50 bits per heavy atom. The molecule has 0 aliphatic carbocycles. The maximum absolute atomic E-state index is 5.36. The molecule has 0 atom stereocenters. The van der Waals surface area contributed by atoms with Gasteiger partial charge in [-0.1, -0.05) is 18.2 Å². The van der Waals surface area contributed by atoms with E-state index >= 15 is 0 Å². The van der Waals surface area contributed by atoms with Crippen LogP contribution in [0.4, 0.5) is 5.69 Å². The molecule has 0 saturated carbocycles. The van der Waals surface area contributed by atoms with Gasteiger partial charge in [-0.2, -0.15) is 0 Å². The minimum absolute atomic E-state index is 0. The third kappa shape index (κ3) is 6.97. The number of para-hydroxylation sites is 1. The van der Waals surface area contributed by atoms with Crippen LogP contribution < -0.4 is 30.5 Å². The van der Waals surface area contributed by atoms with Crippen molar-refractivity contribution < 1.29 is 24.8 Å². The van der Waals surface area contributed by atoms with Crippen molar-refractivity contribution in [3.8, 4) is 0 Å². The minimum Gasteiger partial charge on any atom is -1.00 e. The van der Waals surface area contributed by atoms with Crippen molar-refractivity contribution in [2.45, 2.75) is 0 Å². The third-order valence-corrected chi connectivity index (χ3v) is 0.800. The summed E-state index contributed by atoms with van der Waals surface area (Å²) in [4.78, 5) is 0. The maximum atomic E-state index is 5.36. The van der Waals surface area contributed by atoms with Gasteiger partial charge in [-0.05, 0) is 12.1 Å². The van der Waals surface area contributed by atoms with Gasteiger partial charge in [-0.3, -0.25) is 0 Å². The van der Waals surface area contributed by atoms with Crippen LogP contribution in [-0.4, -0.2) is 37.7 Å². The molecule has 0 heterocycles. The quantitative estimate of drug-likeness (QED) is 0.332. The van der Waals surface area contributed by atoms with Crippen molar-refractivity contribution in [1.29, 1.82) is 0 Å². The van der Waals surface area contributed by atoms with Gasteiger partial charge < -0.3 is 30.5 Å². The fraction of sp³-hybridized carbons (Fsp3) is 0. The number of rotatable bonds is 0. The summed E-state index contributed by atoms with van der Waals surface area (Å²) in [6, 6.07) is 9.49. The topological polar surface area (TPSA) is 26.0 Å². The van der Waals surface area contributed by atoms with E-state index in [-0.39, 0.29) is 62.6 Å². The Morgan fingerprint density at radius 1 is 0.900 bits per heavy atom. The van der Waals surface area contributed by atoms with Crippen molar-refractivity contribution in [3.05, 3.63) is 30.3 Å². The molecule has 1 nitrogen and oxygen atoms in total. The Morgan fingerprint density at radius 2 is 1.30 bits per heavy atom. The van der Waals surface area contributed by atoms with Crippen LogP contribution in [0.15, 0.2) is 30.3 Å². The molecule has 1 rings (SSSR count). The van der Waals surface area contributed by atoms with Gasteiger partial charge in [0.25, 0.3) is 0 Å². The Balaban J connectivity index is -0.000000163. The molecule has 0 aliphatic rings. The summed E-state index contributed by atoms with van der Waals surface area (Å²) in [6.07, 6.45) is 0. The fourth-order valence-electron chi connectivity index (χ4n) is 0.453. The van der Waals surface area contributed by atoms with E-state index in [0.717, 1.165) is 5.69 Å². The molecule has 10 heavy (non-hydrogen) atoms. The first-order valence-corrected chi connectivity index (χ1v) is 2.20. The van der Waals surface area contributed by atoms with Crippen LogP contribution in [0, 0.1) is 0 Å². The van der Waals surface area contributed by atoms with Crippen molar-refractivity contribution in [2.75, 3.05) is 5.73 Å². The molecule has 0 aliphatic heterocycles. The molecule has 0 amide bonds. The maximum Gasteiger partial charge on any atom is 2.00 e. The van der Waals surface area contributed by atoms with Crippen LogP contribution in [0.2, 0.25) is 0 Å². The predicted octanol–water partition coefficient (Wildman–Crippen LogP) is -5.10. The third-order valence-electron chi connectivity index (χ3n) is 0.800. The molecular formula is C6H7CaCl2N. The van der Waals surface area contributed by atoms with Gasteiger partial charge in [0.2, 0.25) is 0 Å². The number of nitrogen functional groups attached to an aromatic ring is 1. The number of anilines is 1. The molecule has 0 radical (unpaired) electrons. The van der Waals surface area contributed by atoms with Gasteiger partial charge in [0.15, 0.2) is 0 Å². The van der Waals surface area contributed by atoms with Gasteiger partial charge in [0.1, 0.15) is 0 Å². The monoisotopic (exact) mass is 203 g/mol. The molecule has 4 heteroatoms. The van der Waals surface area contributed by atoms with E-state index in [2.05, 4.69) is 0 Å². The second-order valence-corrected chi connectivity index (χ2v) is 1.41. The van der Waals surface area contributed by atoms with E-state index in [1.807, 2.05) is 30.3 Å². The van der Waals surface area contributed by atoms with Crippen LogP contribution in [0.5, 0.6) is 0 Å². The second-order valence-electron chi connectivity index (χ2n) is 1.41. The molecular weight excluding hydrogens is 197 g/mol. The second kappa shape index (κ2) is 9.86. The van der Waals surface area contributed by atoms with Crippen molar-refractivity contribution in [2.24, 2.45) is 0 Å². The number of hydrogen-bond donors (Lipinski definition) is 1. The van der Waals surface area contributed by atoms with E-state index < -0.39 is 0 Å². The van der Waals surface area contributed by atoms with Gasteiger partial charge in [-0.25, -0.2) is 0 Å². The first kappa shape index (κ1) is 17.1. The average molecular weight is 204 g/mol. The van der Waals surface area contributed by atoms with Crippen LogP contribution in [0.1, 0.15) is 0 Å². The first-order valence-electron chi connectivity index (χ1n) is 2.20. The molecule has 1 aromatic carbocycles. The number of halogens is 2. The summed E-state index contributed by atoms with van der Waals surface area (Å²) < 4.78 is 0. The van der Waals surface area contributed by atoms with E-state index in [9.17, 15) is 0 Å². The van der Waals surface area contributed by atoms with Crippen LogP contribution in [0.25, 0.3) is 0 Å². The summed E-state index contributed by atoms with van der Waals surface area (Å²) in [5, 5.41) is 0.